The predicted molar refractivity (Wildman–Crippen MR) is 105 cm³/mol. The van der Waals surface area contributed by atoms with Gasteiger partial charge in [0.05, 0.1) is 0 Å². The lowest BCUT2D eigenvalue weighted by Gasteiger charge is -2.35. The van der Waals surface area contributed by atoms with Crippen molar-refractivity contribution in [3.05, 3.63) is 0 Å². The summed E-state index contributed by atoms with van der Waals surface area (Å²) in [4.78, 5) is 12.5. The molecular formula is C17H38O7Si2. The highest BCUT2D eigenvalue weighted by molar-refractivity contribution is 6.68. The second kappa shape index (κ2) is 12.8. The molecule has 0 saturated carbocycles. The van der Waals surface area contributed by atoms with Crippen LogP contribution < -0.4 is 0 Å². The maximum atomic E-state index is 12.5. The van der Waals surface area contributed by atoms with Gasteiger partial charge in [-0.3, -0.25) is 0 Å². The van der Waals surface area contributed by atoms with E-state index in [1.807, 2.05) is 54.6 Å². The highest BCUT2D eigenvalue weighted by Gasteiger charge is 2.46. The molecule has 0 aromatic carbocycles. The molecule has 7 nitrogen and oxygen atoms in total. The zero-order chi connectivity index (χ0) is 20.2. The van der Waals surface area contributed by atoms with Crippen molar-refractivity contribution in [3.63, 3.8) is 0 Å². The van der Waals surface area contributed by atoms with Gasteiger partial charge >= 0.3 is 23.3 Å². The van der Waals surface area contributed by atoms with Gasteiger partial charge in [-0.05, 0) is 53.6 Å². The lowest BCUT2D eigenvalue weighted by Crippen LogP contribution is -2.55. The third kappa shape index (κ3) is 7.65. The van der Waals surface area contributed by atoms with E-state index in [1.165, 1.54) is 0 Å². The third-order valence-electron chi connectivity index (χ3n) is 4.11. The molecule has 0 N–H and O–H groups in total. The van der Waals surface area contributed by atoms with Crippen LogP contribution in [0.3, 0.4) is 0 Å². The molecule has 0 aliphatic rings. The van der Waals surface area contributed by atoms with Crippen molar-refractivity contribution in [1.82, 2.24) is 0 Å². The SMILES string of the molecule is CCO[Si](C)(OCC)C(CC)OC(=O)OC(CC)[Si](C)(OCC)OCC. The van der Waals surface area contributed by atoms with Gasteiger partial charge in [0, 0.05) is 26.4 Å². The summed E-state index contributed by atoms with van der Waals surface area (Å²) in [5, 5.41) is 0. The summed E-state index contributed by atoms with van der Waals surface area (Å²) < 4.78 is 34.6. The van der Waals surface area contributed by atoms with E-state index in [0.717, 1.165) is 0 Å². The first-order valence-electron chi connectivity index (χ1n) is 9.69. The summed E-state index contributed by atoms with van der Waals surface area (Å²) in [6.45, 7) is 17.4. The number of hydrogen-bond acceptors (Lipinski definition) is 7. The largest absolute Gasteiger partial charge is 0.508 e. The Morgan fingerprint density at radius 3 is 1.12 bits per heavy atom. The second-order valence-electron chi connectivity index (χ2n) is 6.04. The quantitative estimate of drug-likeness (QED) is 0.316. The third-order valence-corrected chi connectivity index (χ3v) is 11.0. The first kappa shape index (κ1) is 25.5. The van der Waals surface area contributed by atoms with Gasteiger partial charge in [0.15, 0.2) is 0 Å². The van der Waals surface area contributed by atoms with Crippen LogP contribution in [-0.4, -0.2) is 61.2 Å². The molecule has 156 valence electrons. The summed E-state index contributed by atoms with van der Waals surface area (Å²) in [7, 11) is -5.31. The molecule has 2 unspecified atom stereocenters. The Morgan fingerprint density at radius 2 is 0.923 bits per heavy atom. The van der Waals surface area contributed by atoms with Gasteiger partial charge in [-0.25, -0.2) is 4.79 Å². The van der Waals surface area contributed by atoms with Crippen molar-refractivity contribution >= 4 is 23.3 Å². The van der Waals surface area contributed by atoms with Crippen LogP contribution in [0.4, 0.5) is 4.79 Å². The highest BCUT2D eigenvalue weighted by Crippen LogP contribution is 2.23. The van der Waals surface area contributed by atoms with E-state index < -0.39 is 34.7 Å². The fourth-order valence-corrected chi connectivity index (χ4v) is 8.29. The van der Waals surface area contributed by atoms with E-state index in [1.54, 1.807) is 0 Å². The topological polar surface area (TPSA) is 72.5 Å². The van der Waals surface area contributed by atoms with Crippen LogP contribution in [-0.2, 0) is 27.2 Å². The minimum atomic E-state index is -2.65. The predicted octanol–water partition coefficient (Wildman–Crippen LogP) is 4.07. The molecule has 0 fully saturated rings. The molecular weight excluding hydrogens is 372 g/mol. The standard InChI is InChI=1S/C17H38O7Si2/c1-9-15(25(7,19-11-3)20-12-4)23-17(18)24-16(10-2)26(8,21-13-5)22-14-6/h15-16H,9-14H2,1-8H3. The molecule has 0 heterocycles. The van der Waals surface area contributed by atoms with Gasteiger partial charge in [-0.1, -0.05) is 13.8 Å². The zero-order valence-electron chi connectivity index (χ0n) is 17.8. The van der Waals surface area contributed by atoms with Gasteiger partial charge < -0.3 is 27.2 Å². The average Bonchev–Trinajstić information content (AvgIpc) is 2.58. The number of carbonyl (C=O) groups excluding carboxylic acids is 1. The van der Waals surface area contributed by atoms with E-state index in [0.29, 0.717) is 39.3 Å². The Kier molecular flexibility index (Phi) is 12.6. The van der Waals surface area contributed by atoms with Gasteiger partial charge in [-0.15, -0.1) is 0 Å². The number of hydrogen-bond donors (Lipinski definition) is 0. The first-order valence-corrected chi connectivity index (χ1v) is 14.5. The Hall–Kier alpha value is -0.456. The van der Waals surface area contributed by atoms with Crippen LogP contribution in [0.2, 0.25) is 13.1 Å². The Balaban J connectivity index is 5.14. The van der Waals surface area contributed by atoms with Crippen molar-refractivity contribution in [3.8, 4) is 0 Å². The number of rotatable bonds is 14. The fourth-order valence-electron chi connectivity index (χ4n) is 2.98. The molecule has 0 rings (SSSR count). The van der Waals surface area contributed by atoms with Crippen molar-refractivity contribution < 1.29 is 32.0 Å². The average molecular weight is 411 g/mol. The lowest BCUT2D eigenvalue weighted by atomic mass is 10.5. The van der Waals surface area contributed by atoms with Gasteiger partial charge in [-0.2, -0.15) is 0 Å². The van der Waals surface area contributed by atoms with Crippen molar-refractivity contribution in [2.75, 3.05) is 26.4 Å². The van der Waals surface area contributed by atoms with E-state index in [9.17, 15) is 4.79 Å². The molecule has 0 aromatic rings. The Labute approximate surface area is 161 Å². The minimum absolute atomic E-state index is 0.445. The number of carbonyl (C=O) groups is 1. The molecule has 0 saturated heterocycles. The van der Waals surface area contributed by atoms with Crippen molar-refractivity contribution in [2.45, 2.75) is 78.9 Å². The number of ether oxygens (including phenoxy) is 2. The fraction of sp³-hybridized carbons (Fsp3) is 0.941. The molecule has 26 heavy (non-hydrogen) atoms. The molecule has 0 aromatic heterocycles. The lowest BCUT2D eigenvalue weighted by molar-refractivity contribution is 0.00138. The normalized spacial score (nSPS) is 14.8. The van der Waals surface area contributed by atoms with Crippen LogP contribution in [0, 0.1) is 0 Å². The Morgan fingerprint density at radius 1 is 0.654 bits per heavy atom. The summed E-state index contributed by atoms with van der Waals surface area (Å²) in [5.74, 6) is 0. The molecule has 0 radical (unpaired) electrons. The molecule has 2 atom stereocenters. The summed E-state index contributed by atoms with van der Waals surface area (Å²) in [5.41, 5.74) is -0.890. The molecule has 0 aliphatic carbocycles. The highest BCUT2D eigenvalue weighted by atomic mass is 28.4. The summed E-state index contributed by atoms with van der Waals surface area (Å²) in [6, 6.07) is 0. The van der Waals surface area contributed by atoms with Crippen LogP contribution in [0.1, 0.15) is 54.4 Å². The van der Waals surface area contributed by atoms with Gasteiger partial charge in [0.2, 0.25) is 0 Å². The maximum absolute atomic E-state index is 12.5. The van der Waals surface area contributed by atoms with Crippen LogP contribution in [0.5, 0.6) is 0 Å². The van der Waals surface area contributed by atoms with Crippen molar-refractivity contribution in [1.29, 1.82) is 0 Å². The molecule has 9 heteroatoms. The monoisotopic (exact) mass is 410 g/mol. The maximum Gasteiger partial charge on any atom is 0.508 e. The zero-order valence-corrected chi connectivity index (χ0v) is 19.8. The molecule has 0 bridgehead atoms. The smallest absolute Gasteiger partial charge is 0.429 e. The molecule has 0 spiro atoms. The van der Waals surface area contributed by atoms with E-state index in [4.69, 9.17) is 27.2 Å². The van der Waals surface area contributed by atoms with Gasteiger partial charge in [0.25, 0.3) is 0 Å². The van der Waals surface area contributed by atoms with E-state index in [2.05, 4.69) is 0 Å². The van der Waals surface area contributed by atoms with Crippen LogP contribution >= 0.6 is 0 Å². The summed E-state index contributed by atoms with van der Waals surface area (Å²) in [6.07, 6.45) is 0.473. The Bertz CT molecular complexity index is 349. The van der Waals surface area contributed by atoms with Crippen molar-refractivity contribution in [2.24, 2.45) is 0 Å². The van der Waals surface area contributed by atoms with Gasteiger partial charge in [0.1, 0.15) is 11.5 Å². The van der Waals surface area contributed by atoms with Crippen LogP contribution in [0.25, 0.3) is 0 Å². The summed E-state index contributed by atoms with van der Waals surface area (Å²) >= 11 is 0. The minimum Gasteiger partial charge on any atom is -0.429 e. The second-order valence-corrected chi connectivity index (χ2v) is 12.5. The van der Waals surface area contributed by atoms with E-state index in [-0.39, 0.29) is 0 Å². The van der Waals surface area contributed by atoms with Crippen LogP contribution in [0.15, 0.2) is 0 Å². The molecule has 0 amide bonds. The molecule has 0 aliphatic heterocycles. The van der Waals surface area contributed by atoms with E-state index >= 15 is 0 Å². The first-order chi connectivity index (χ1) is 12.3.